The van der Waals surface area contributed by atoms with E-state index >= 15 is 0 Å². The van der Waals surface area contributed by atoms with Crippen LogP contribution in [-0.4, -0.2) is 41.9 Å². The van der Waals surface area contributed by atoms with Crippen molar-refractivity contribution in [1.82, 2.24) is 14.9 Å². The Kier molecular flexibility index (Phi) is 2.79. The van der Waals surface area contributed by atoms with Gasteiger partial charge in [0, 0.05) is 21.1 Å². The average Bonchev–Trinajstić information content (AvgIpc) is 2.17. The highest BCUT2D eigenvalue weighted by atomic mass is 16.2. The SMILES string of the molecule is CNc1cnc(C(=O)N(C)C)cn1. The molecule has 0 saturated heterocycles. The van der Waals surface area contributed by atoms with E-state index < -0.39 is 0 Å². The second-order valence-electron chi connectivity index (χ2n) is 2.74. The third kappa shape index (κ3) is 2.14. The molecule has 0 spiro atoms. The minimum atomic E-state index is -0.143. The van der Waals surface area contributed by atoms with Gasteiger partial charge in [-0.05, 0) is 0 Å². The Morgan fingerprint density at radius 2 is 2.08 bits per heavy atom. The summed E-state index contributed by atoms with van der Waals surface area (Å²) in [5.74, 6) is 0.505. The van der Waals surface area contributed by atoms with Gasteiger partial charge in [-0.25, -0.2) is 9.97 Å². The Balaban J connectivity index is 2.86. The van der Waals surface area contributed by atoms with Gasteiger partial charge in [-0.15, -0.1) is 0 Å². The van der Waals surface area contributed by atoms with Crippen LogP contribution in [0.5, 0.6) is 0 Å². The molecule has 70 valence electrons. The number of aromatic nitrogens is 2. The number of hydrogen-bond acceptors (Lipinski definition) is 4. The Labute approximate surface area is 76.8 Å². The molecule has 0 aliphatic carbocycles. The fraction of sp³-hybridized carbons (Fsp3) is 0.375. The summed E-state index contributed by atoms with van der Waals surface area (Å²) in [6, 6.07) is 0. The number of amides is 1. The van der Waals surface area contributed by atoms with E-state index in [1.165, 1.54) is 17.3 Å². The van der Waals surface area contributed by atoms with E-state index in [0.717, 1.165) is 0 Å². The molecule has 1 N–H and O–H groups in total. The van der Waals surface area contributed by atoms with Gasteiger partial charge in [0.15, 0.2) is 0 Å². The number of nitrogens with one attached hydrogen (secondary N) is 1. The third-order valence-corrected chi connectivity index (χ3v) is 1.53. The first kappa shape index (κ1) is 9.44. The molecule has 0 unspecified atom stereocenters. The summed E-state index contributed by atoms with van der Waals surface area (Å²) in [5, 5.41) is 2.82. The molecule has 0 radical (unpaired) electrons. The first-order valence-corrected chi connectivity index (χ1v) is 3.86. The lowest BCUT2D eigenvalue weighted by molar-refractivity contribution is 0.0821. The van der Waals surface area contributed by atoms with E-state index in [4.69, 9.17) is 0 Å². The van der Waals surface area contributed by atoms with Crippen LogP contribution in [0.25, 0.3) is 0 Å². The van der Waals surface area contributed by atoms with E-state index in [0.29, 0.717) is 11.5 Å². The average molecular weight is 180 g/mol. The van der Waals surface area contributed by atoms with Crippen molar-refractivity contribution in [2.45, 2.75) is 0 Å². The van der Waals surface area contributed by atoms with Crippen LogP contribution in [0.15, 0.2) is 12.4 Å². The maximum Gasteiger partial charge on any atom is 0.273 e. The fourth-order valence-electron chi connectivity index (χ4n) is 0.797. The van der Waals surface area contributed by atoms with Crippen molar-refractivity contribution >= 4 is 11.7 Å². The summed E-state index contributed by atoms with van der Waals surface area (Å²) in [6.07, 6.45) is 2.98. The number of carbonyl (C=O) groups excluding carboxylic acids is 1. The predicted octanol–water partition coefficient (Wildman–Crippen LogP) is 0.220. The fourth-order valence-corrected chi connectivity index (χ4v) is 0.797. The topological polar surface area (TPSA) is 58.1 Å². The molecular formula is C8H12N4O. The Morgan fingerprint density at radius 3 is 2.46 bits per heavy atom. The van der Waals surface area contributed by atoms with Crippen LogP contribution in [0.4, 0.5) is 5.82 Å². The molecule has 1 aromatic rings. The van der Waals surface area contributed by atoms with Gasteiger partial charge in [-0.3, -0.25) is 4.79 Å². The van der Waals surface area contributed by atoms with Crippen LogP contribution in [0, 0.1) is 0 Å². The summed E-state index contributed by atoms with van der Waals surface area (Å²) in [6.45, 7) is 0. The highest BCUT2D eigenvalue weighted by Crippen LogP contribution is 2.01. The van der Waals surface area contributed by atoms with Crippen molar-refractivity contribution in [1.29, 1.82) is 0 Å². The third-order valence-electron chi connectivity index (χ3n) is 1.53. The maximum atomic E-state index is 11.3. The number of anilines is 1. The quantitative estimate of drug-likeness (QED) is 0.707. The summed E-state index contributed by atoms with van der Waals surface area (Å²) in [5.41, 5.74) is 0.351. The van der Waals surface area contributed by atoms with Crippen LogP contribution in [0.3, 0.4) is 0 Å². The van der Waals surface area contributed by atoms with Gasteiger partial charge in [0.2, 0.25) is 0 Å². The van der Waals surface area contributed by atoms with Gasteiger partial charge in [0.05, 0.1) is 12.4 Å². The minimum absolute atomic E-state index is 0.143. The van der Waals surface area contributed by atoms with Crippen molar-refractivity contribution < 1.29 is 4.79 Å². The van der Waals surface area contributed by atoms with Crippen LogP contribution in [0.2, 0.25) is 0 Å². The second kappa shape index (κ2) is 3.84. The molecule has 1 amide bonds. The molecule has 13 heavy (non-hydrogen) atoms. The van der Waals surface area contributed by atoms with Crippen molar-refractivity contribution in [2.75, 3.05) is 26.5 Å². The number of carbonyl (C=O) groups is 1. The predicted molar refractivity (Wildman–Crippen MR) is 49.6 cm³/mol. The van der Waals surface area contributed by atoms with Crippen LogP contribution >= 0.6 is 0 Å². The zero-order valence-electron chi connectivity index (χ0n) is 7.90. The van der Waals surface area contributed by atoms with Gasteiger partial charge < -0.3 is 10.2 Å². The van der Waals surface area contributed by atoms with Crippen molar-refractivity contribution in [3.05, 3.63) is 18.1 Å². The lowest BCUT2D eigenvalue weighted by Crippen LogP contribution is -2.22. The molecule has 5 heteroatoms. The lowest BCUT2D eigenvalue weighted by Gasteiger charge is -2.08. The summed E-state index contributed by atoms with van der Waals surface area (Å²) >= 11 is 0. The van der Waals surface area contributed by atoms with E-state index in [9.17, 15) is 4.79 Å². The molecule has 1 rings (SSSR count). The lowest BCUT2D eigenvalue weighted by atomic mass is 10.4. The van der Waals surface area contributed by atoms with Gasteiger partial charge in [0.1, 0.15) is 11.5 Å². The van der Waals surface area contributed by atoms with Crippen molar-refractivity contribution in [3.8, 4) is 0 Å². The highest BCUT2D eigenvalue weighted by Gasteiger charge is 2.08. The smallest absolute Gasteiger partial charge is 0.273 e. The molecular weight excluding hydrogens is 168 g/mol. The van der Waals surface area contributed by atoms with E-state index in [1.807, 2.05) is 0 Å². The zero-order chi connectivity index (χ0) is 9.84. The maximum absolute atomic E-state index is 11.3. The first-order valence-electron chi connectivity index (χ1n) is 3.86. The molecule has 0 aliphatic heterocycles. The molecule has 0 fully saturated rings. The van der Waals surface area contributed by atoms with Gasteiger partial charge in [0.25, 0.3) is 5.91 Å². The second-order valence-corrected chi connectivity index (χ2v) is 2.74. The molecule has 0 aromatic carbocycles. The number of hydrogen-bond donors (Lipinski definition) is 1. The normalized spacial score (nSPS) is 9.46. The Hall–Kier alpha value is -1.65. The molecule has 1 aromatic heterocycles. The van der Waals surface area contributed by atoms with Crippen LogP contribution in [-0.2, 0) is 0 Å². The molecule has 0 bridgehead atoms. The number of rotatable bonds is 2. The van der Waals surface area contributed by atoms with Crippen LogP contribution in [0.1, 0.15) is 10.5 Å². The van der Waals surface area contributed by atoms with E-state index in [2.05, 4.69) is 15.3 Å². The van der Waals surface area contributed by atoms with Gasteiger partial charge >= 0.3 is 0 Å². The molecule has 0 atom stereocenters. The minimum Gasteiger partial charge on any atom is -0.372 e. The van der Waals surface area contributed by atoms with E-state index in [-0.39, 0.29) is 5.91 Å². The van der Waals surface area contributed by atoms with Crippen molar-refractivity contribution in [3.63, 3.8) is 0 Å². The summed E-state index contributed by atoms with van der Waals surface area (Å²) in [4.78, 5) is 20.7. The standard InChI is InChI=1S/C8H12N4O/c1-9-7-5-10-6(4-11-7)8(13)12(2)3/h4-5H,1-3H3,(H,9,11). The van der Waals surface area contributed by atoms with E-state index in [1.54, 1.807) is 21.1 Å². The number of nitrogens with zero attached hydrogens (tertiary/aromatic N) is 3. The largest absolute Gasteiger partial charge is 0.372 e. The summed E-state index contributed by atoms with van der Waals surface area (Å²) in [7, 11) is 5.10. The molecule has 1 heterocycles. The zero-order valence-corrected chi connectivity index (χ0v) is 7.90. The molecule has 0 saturated carbocycles. The molecule has 5 nitrogen and oxygen atoms in total. The van der Waals surface area contributed by atoms with Crippen LogP contribution < -0.4 is 5.32 Å². The summed E-state index contributed by atoms with van der Waals surface area (Å²) < 4.78 is 0. The Morgan fingerprint density at radius 1 is 1.38 bits per heavy atom. The monoisotopic (exact) mass is 180 g/mol. The first-order chi connectivity index (χ1) is 6.15. The van der Waals surface area contributed by atoms with Gasteiger partial charge in [-0.2, -0.15) is 0 Å². The van der Waals surface area contributed by atoms with Gasteiger partial charge in [-0.1, -0.05) is 0 Å². The van der Waals surface area contributed by atoms with Crippen molar-refractivity contribution in [2.24, 2.45) is 0 Å². The Bertz CT molecular complexity index is 294. The highest BCUT2D eigenvalue weighted by molar-refractivity contribution is 5.91. The molecule has 0 aliphatic rings.